The van der Waals surface area contributed by atoms with E-state index in [1.54, 1.807) is 19.1 Å². The number of nitrogens with zero attached hydrogens (tertiary/aromatic N) is 2. The van der Waals surface area contributed by atoms with E-state index in [0.717, 1.165) is 9.75 Å². The van der Waals surface area contributed by atoms with Crippen LogP contribution in [0.2, 0.25) is 0 Å². The van der Waals surface area contributed by atoms with Crippen molar-refractivity contribution in [3.8, 4) is 28.0 Å². The van der Waals surface area contributed by atoms with E-state index in [1.807, 2.05) is 13.0 Å². The molecular formula is C18H19N3O5S. The van der Waals surface area contributed by atoms with E-state index in [2.05, 4.69) is 15.5 Å². The minimum atomic E-state index is -0.300. The molecule has 0 saturated heterocycles. The van der Waals surface area contributed by atoms with Crippen molar-refractivity contribution in [2.45, 2.75) is 13.8 Å². The molecule has 0 fully saturated rings. The Kier molecular flexibility index (Phi) is 5.31. The van der Waals surface area contributed by atoms with Gasteiger partial charge in [0.15, 0.2) is 11.5 Å². The molecule has 0 radical (unpaired) electrons. The Morgan fingerprint density at radius 2 is 1.74 bits per heavy atom. The highest BCUT2D eigenvalue weighted by Crippen LogP contribution is 2.39. The fourth-order valence-electron chi connectivity index (χ4n) is 2.52. The molecule has 142 valence electrons. The van der Waals surface area contributed by atoms with Crippen molar-refractivity contribution in [3.05, 3.63) is 34.5 Å². The monoisotopic (exact) mass is 389 g/mol. The molecule has 2 heterocycles. The number of aryl methyl sites for hydroxylation is 2. The number of benzene rings is 1. The molecule has 2 aromatic heterocycles. The Hall–Kier alpha value is -3.07. The summed E-state index contributed by atoms with van der Waals surface area (Å²) >= 11 is 1.47. The molecule has 0 aliphatic carbocycles. The zero-order valence-corrected chi connectivity index (χ0v) is 16.4. The van der Waals surface area contributed by atoms with E-state index in [1.165, 1.54) is 32.7 Å². The maximum Gasteiger partial charge on any atom is 0.255 e. The standard InChI is InChI=1S/C18H19N3O5S/c1-9-12(8-15(27-9)17-19-10(2)26-21-17)20-18(22)11-6-13(23-3)16(25-5)14(7-11)24-4/h6-8H,1-5H3,(H,20,22). The largest absolute Gasteiger partial charge is 0.493 e. The maximum atomic E-state index is 12.7. The first-order valence-electron chi connectivity index (χ1n) is 7.99. The topological polar surface area (TPSA) is 95.7 Å². The van der Waals surface area contributed by atoms with Gasteiger partial charge in [0.25, 0.3) is 5.91 Å². The maximum absolute atomic E-state index is 12.7. The first kappa shape index (κ1) is 18.7. The smallest absolute Gasteiger partial charge is 0.255 e. The summed E-state index contributed by atoms with van der Waals surface area (Å²) < 4.78 is 20.9. The fourth-order valence-corrected chi connectivity index (χ4v) is 3.42. The first-order chi connectivity index (χ1) is 13.0. The third kappa shape index (κ3) is 3.72. The Labute approximate surface area is 160 Å². The Morgan fingerprint density at radius 1 is 1.07 bits per heavy atom. The van der Waals surface area contributed by atoms with E-state index in [-0.39, 0.29) is 5.91 Å². The summed E-state index contributed by atoms with van der Waals surface area (Å²) in [5.41, 5.74) is 1.06. The molecule has 1 aromatic carbocycles. The van der Waals surface area contributed by atoms with Crippen LogP contribution < -0.4 is 19.5 Å². The molecule has 0 aliphatic heterocycles. The summed E-state index contributed by atoms with van der Waals surface area (Å²) in [6, 6.07) is 5.02. The lowest BCUT2D eigenvalue weighted by Crippen LogP contribution is -2.12. The summed E-state index contributed by atoms with van der Waals surface area (Å²) in [5, 5.41) is 6.80. The van der Waals surface area contributed by atoms with Crippen LogP contribution in [0.1, 0.15) is 21.1 Å². The van der Waals surface area contributed by atoms with Crippen molar-refractivity contribution in [2.75, 3.05) is 26.6 Å². The van der Waals surface area contributed by atoms with Gasteiger partial charge in [0.2, 0.25) is 17.5 Å². The van der Waals surface area contributed by atoms with Gasteiger partial charge in [-0.3, -0.25) is 4.79 Å². The lowest BCUT2D eigenvalue weighted by molar-refractivity contribution is 0.102. The van der Waals surface area contributed by atoms with Crippen LogP contribution in [-0.4, -0.2) is 37.4 Å². The van der Waals surface area contributed by atoms with Crippen molar-refractivity contribution < 1.29 is 23.5 Å². The molecule has 3 rings (SSSR count). The molecule has 0 aliphatic rings. The second kappa shape index (κ2) is 7.67. The summed E-state index contributed by atoms with van der Waals surface area (Å²) in [6.45, 7) is 3.63. The number of hydrogen-bond donors (Lipinski definition) is 1. The fraction of sp³-hybridized carbons (Fsp3) is 0.278. The second-order valence-corrected chi connectivity index (χ2v) is 6.84. The molecule has 0 saturated carbocycles. The summed E-state index contributed by atoms with van der Waals surface area (Å²) in [4.78, 5) is 18.7. The van der Waals surface area contributed by atoms with Gasteiger partial charge >= 0.3 is 0 Å². The molecule has 9 heteroatoms. The Balaban J connectivity index is 1.88. The van der Waals surface area contributed by atoms with Crippen LogP contribution >= 0.6 is 11.3 Å². The predicted molar refractivity (Wildman–Crippen MR) is 101 cm³/mol. The highest BCUT2D eigenvalue weighted by Gasteiger charge is 2.19. The molecule has 1 amide bonds. The van der Waals surface area contributed by atoms with E-state index in [0.29, 0.717) is 40.2 Å². The van der Waals surface area contributed by atoms with E-state index < -0.39 is 0 Å². The molecular weight excluding hydrogens is 370 g/mol. The summed E-state index contributed by atoms with van der Waals surface area (Å²) in [6.07, 6.45) is 0. The van der Waals surface area contributed by atoms with Crippen LogP contribution in [0.3, 0.4) is 0 Å². The van der Waals surface area contributed by atoms with Crippen LogP contribution in [0.4, 0.5) is 5.69 Å². The Bertz CT molecular complexity index is 954. The average molecular weight is 389 g/mol. The minimum Gasteiger partial charge on any atom is -0.493 e. The van der Waals surface area contributed by atoms with Gasteiger partial charge < -0.3 is 24.1 Å². The molecule has 3 aromatic rings. The number of aromatic nitrogens is 2. The van der Waals surface area contributed by atoms with Gasteiger partial charge in [-0.2, -0.15) is 4.98 Å². The number of methoxy groups -OCH3 is 3. The number of thiophene rings is 1. The molecule has 1 N–H and O–H groups in total. The second-order valence-electron chi connectivity index (χ2n) is 5.59. The number of amides is 1. The number of nitrogens with one attached hydrogen (secondary N) is 1. The van der Waals surface area contributed by atoms with Crippen molar-refractivity contribution in [3.63, 3.8) is 0 Å². The van der Waals surface area contributed by atoms with E-state index >= 15 is 0 Å². The van der Waals surface area contributed by atoms with Crippen molar-refractivity contribution in [1.82, 2.24) is 10.1 Å². The summed E-state index contributed by atoms with van der Waals surface area (Å²) in [7, 11) is 4.51. The van der Waals surface area contributed by atoms with Crippen LogP contribution in [0.5, 0.6) is 17.2 Å². The number of rotatable bonds is 6. The average Bonchev–Trinajstić information content (AvgIpc) is 3.26. The van der Waals surface area contributed by atoms with Crippen LogP contribution in [0.25, 0.3) is 10.7 Å². The third-order valence-corrected chi connectivity index (χ3v) is 4.89. The first-order valence-corrected chi connectivity index (χ1v) is 8.81. The minimum absolute atomic E-state index is 0.300. The molecule has 27 heavy (non-hydrogen) atoms. The zero-order valence-electron chi connectivity index (χ0n) is 15.6. The van der Waals surface area contributed by atoms with E-state index in [9.17, 15) is 4.79 Å². The highest BCUT2D eigenvalue weighted by atomic mass is 32.1. The van der Waals surface area contributed by atoms with Crippen molar-refractivity contribution in [2.24, 2.45) is 0 Å². The normalized spacial score (nSPS) is 10.6. The number of ether oxygens (including phenoxy) is 3. The van der Waals surface area contributed by atoms with Crippen LogP contribution in [0.15, 0.2) is 22.7 Å². The molecule has 0 spiro atoms. The van der Waals surface area contributed by atoms with Gasteiger partial charge in [-0.1, -0.05) is 5.16 Å². The third-order valence-electron chi connectivity index (χ3n) is 3.84. The predicted octanol–water partition coefficient (Wildman–Crippen LogP) is 3.69. The van der Waals surface area contributed by atoms with E-state index in [4.69, 9.17) is 18.7 Å². The van der Waals surface area contributed by atoms with Gasteiger partial charge in [0.1, 0.15) is 0 Å². The number of carbonyl (C=O) groups excluding carboxylic acids is 1. The zero-order chi connectivity index (χ0) is 19.6. The van der Waals surface area contributed by atoms with Gasteiger partial charge in [0.05, 0.1) is 31.9 Å². The highest BCUT2D eigenvalue weighted by molar-refractivity contribution is 7.16. The van der Waals surface area contributed by atoms with Gasteiger partial charge in [-0.25, -0.2) is 0 Å². The quantitative estimate of drug-likeness (QED) is 0.687. The number of carbonyl (C=O) groups is 1. The molecule has 0 atom stereocenters. The van der Waals surface area contributed by atoms with Crippen molar-refractivity contribution in [1.29, 1.82) is 0 Å². The SMILES string of the molecule is COc1cc(C(=O)Nc2cc(-c3noc(C)n3)sc2C)cc(OC)c1OC. The summed E-state index contributed by atoms with van der Waals surface area (Å²) in [5.74, 6) is 1.93. The van der Waals surface area contributed by atoms with Gasteiger partial charge in [-0.15, -0.1) is 11.3 Å². The molecule has 8 nitrogen and oxygen atoms in total. The van der Waals surface area contributed by atoms with Crippen LogP contribution in [-0.2, 0) is 0 Å². The van der Waals surface area contributed by atoms with Crippen LogP contribution in [0, 0.1) is 13.8 Å². The Morgan fingerprint density at radius 3 is 2.26 bits per heavy atom. The lowest BCUT2D eigenvalue weighted by Gasteiger charge is -2.14. The molecule has 0 unspecified atom stereocenters. The van der Waals surface area contributed by atoms with Gasteiger partial charge in [-0.05, 0) is 25.1 Å². The van der Waals surface area contributed by atoms with Gasteiger partial charge in [0, 0.05) is 17.4 Å². The molecule has 0 bridgehead atoms. The number of anilines is 1. The number of hydrogen-bond acceptors (Lipinski definition) is 8. The van der Waals surface area contributed by atoms with Crippen molar-refractivity contribution >= 4 is 22.9 Å². The lowest BCUT2D eigenvalue weighted by atomic mass is 10.1.